The number of aliphatic hydroxyl groups is 1. The SMILES string of the molecule is CC(C)(C)OC(=O)N1CCc2c(C(=O)Nc3cc(CO)cc(C(F)(F)F)c3)csc2C1. The Labute approximate surface area is 181 Å². The molecule has 3 rings (SSSR count). The number of hydrogen-bond donors (Lipinski definition) is 2. The van der Waals surface area contributed by atoms with E-state index in [4.69, 9.17) is 4.74 Å². The Kier molecular flexibility index (Phi) is 6.33. The monoisotopic (exact) mass is 456 g/mol. The van der Waals surface area contributed by atoms with Crippen LogP contribution in [0.2, 0.25) is 0 Å². The molecule has 2 amide bonds. The van der Waals surface area contributed by atoms with Gasteiger partial charge in [-0.2, -0.15) is 13.2 Å². The highest BCUT2D eigenvalue weighted by molar-refractivity contribution is 7.10. The van der Waals surface area contributed by atoms with E-state index in [0.717, 1.165) is 22.6 Å². The molecule has 168 valence electrons. The molecule has 0 unspecified atom stereocenters. The van der Waals surface area contributed by atoms with Gasteiger partial charge < -0.3 is 20.1 Å². The first-order chi connectivity index (χ1) is 14.4. The second-order valence-corrected chi connectivity index (χ2v) is 9.20. The lowest BCUT2D eigenvalue weighted by Crippen LogP contribution is -2.39. The summed E-state index contributed by atoms with van der Waals surface area (Å²) >= 11 is 1.31. The van der Waals surface area contributed by atoms with Crippen molar-refractivity contribution in [2.24, 2.45) is 0 Å². The van der Waals surface area contributed by atoms with Crippen LogP contribution in [0.4, 0.5) is 23.7 Å². The number of carbonyl (C=O) groups is 2. The zero-order chi connectivity index (χ0) is 23.0. The van der Waals surface area contributed by atoms with Gasteiger partial charge in [0.05, 0.1) is 24.3 Å². The van der Waals surface area contributed by atoms with Crippen molar-refractivity contribution in [3.05, 3.63) is 50.7 Å². The predicted molar refractivity (Wildman–Crippen MR) is 110 cm³/mol. The van der Waals surface area contributed by atoms with Crippen LogP contribution in [0, 0.1) is 0 Å². The Hall–Kier alpha value is -2.59. The average Bonchev–Trinajstić information content (AvgIpc) is 3.09. The number of thiophene rings is 1. The van der Waals surface area contributed by atoms with Crippen LogP contribution < -0.4 is 5.32 Å². The number of alkyl halides is 3. The minimum atomic E-state index is -4.60. The largest absolute Gasteiger partial charge is 0.444 e. The fraction of sp³-hybridized carbons (Fsp3) is 0.429. The Morgan fingerprint density at radius 2 is 1.94 bits per heavy atom. The van der Waals surface area contributed by atoms with Crippen LogP contribution in [0.3, 0.4) is 0 Å². The molecule has 6 nitrogen and oxygen atoms in total. The van der Waals surface area contributed by atoms with E-state index >= 15 is 0 Å². The van der Waals surface area contributed by atoms with Crippen LogP contribution in [-0.2, 0) is 30.5 Å². The minimum Gasteiger partial charge on any atom is -0.444 e. The lowest BCUT2D eigenvalue weighted by atomic mass is 10.0. The highest BCUT2D eigenvalue weighted by Gasteiger charge is 2.32. The third-order valence-electron chi connectivity index (χ3n) is 4.60. The summed E-state index contributed by atoms with van der Waals surface area (Å²) in [6.07, 6.45) is -4.60. The smallest absolute Gasteiger partial charge is 0.416 e. The number of halogens is 3. The number of rotatable bonds is 3. The predicted octanol–water partition coefficient (Wildman–Crippen LogP) is 4.80. The van der Waals surface area contributed by atoms with Gasteiger partial charge in [0.1, 0.15) is 5.60 Å². The summed E-state index contributed by atoms with van der Waals surface area (Å²) in [7, 11) is 0. The van der Waals surface area contributed by atoms with Crippen LogP contribution in [0.5, 0.6) is 0 Å². The minimum absolute atomic E-state index is 0.0463. The van der Waals surface area contributed by atoms with Gasteiger partial charge in [0.25, 0.3) is 5.91 Å². The number of ether oxygens (including phenoxy) is 1. The van der Waals surface area contributed by atoms with Crippen molar-refractivity contribution in [3.63, 3.8) is 0 Å². The van der Waals surface area contributed by atoms with Crippen molar-refractivity contribution in [1.82, 2.24) is 4.90 Å². The first-order valence-corrected chi connectivity index (χ1v) is 10.5. The van der Waals surface area contributed by atoms with Gasteiger partial charge in [-0.25, -0.2) is 4.79 Å². The van der Waals surface area contributed by atoms with Crippen LogP contribution in [-0.4, -0.2) is 34.2 Å². The lowest BCUT2D eigenvalue weighted by molar-refractivity contribution is -0.137. The molecule has 2 N–H and O–H groups in total. The maximum absolute atomic E-state index is 13.1. The number of anilines is 1. The fourth-order valence-corrected chi connectivity index (χ4v) is 4.31. The molecule has 0 saturated carbocycles. The molecule has 0 fully saturated rings. The molecule has 0 radical (unpaired) electrons. The summed E-state index contributed by atoms with van der Waals surface area (Å²) in [4.78, 5) is 27.4. The number of hydrogen-bond acceptors (Lipinski definition) is 5. The molecule has 2 heterocycles. The molecule has 1 aliphatic heterocycles. The first kappa shape index (κ1) is 23.1. The molecule has 1 aromatic carbocycles. The Balaban J connectivity index is 1.77. The fourth-order valence-electron chi connectivity index (χ4n) is 3.22. The van der Waals surface area contributed by atoms with Crippen LogP contribution in [0.15, 0.2) is 23.6 Å². The van der Waals surface area contributed by atoms with Gasteiger partial charge in [0, 0.05) is 22.5 Å². The van der Waals surface area contributed by atoms with Gasteiger partial charge in [-0.3, -0.25) is 4.79 Å². The Morgan fingerprint density at radius 3 is 2.55 bits per heavy atom. The summed E-state index contributed by atoms with van der Waals surface area (Å²) in [5, 5.41) is 13.4. The van der Waals surface area contributed by atoms with Crippen molar-refractivity contribution < 1.29 is 32.6 Å². The Bertz CT molecular complexity index is 995. The summed E-state index contributed by atoms with van der Waals surface area (Å²) in [5.41, 5.74) is -0.422. The number of amides is 2. The highest BCUT2D eigenvalue weighted by Crippen LogP contribution is 2.33. The number of nitrogens with zero attached hydrogens (tertiary/aromatic N) is 1. The van der Waals surface area contributed by atoms with Crippen molar-refractivity contribution in [3.8, 4) is 0 Å². The summed E-state index contributed by atoms with van der Waals surface area (Å²) in [6, 6.07) is 2.98. The summed E-state index contributed by atoms with van der Waals surface area (Å²) < 4.78 is 44.7. The first-order valence-electron chi connectivity index (χ1n) is 9.58. The summed E-state index contributed by atoms with van der Waals surface area (Å²) in [6.45, 7) is 5.44. The highest BCUT2D eigenvalue weighted by atomic mass is 32.1. The van der Waals surface area contributed by atoms with Gasteiger partial charge in [0.15, 0.2) is 0 Å². The molecule has 0 spiro atoms. The van der Waals surface area contributed by atoms with Crippen molar-refractivity contribution in [2.45, 2.75) is 52.1 Å². The topological polar surface area (TPSA) is 78.9 Å². The lowest BCUT2D eigenvalue weighted by Gasteiger charge is -2.30. The molecular formula is C21H23F3N2O4S. The molecule has 31 heavy (non-hydrogen) atoms. The van der Waals surface area contributed by atoms with Crippen molar-refractivity contribution in [2.75, 3.05) is 11.9 Å². The van der Waals surface area contributed by atoms with E-state index in [0.29, 0.717) is 25.1 Å². The van der Waals surface area contributed by atoms with E-state index in [2.05, 4.69) is 5.32 Å². The van der Waals surface area contributed by atoms with Crippen molar-refractivity contribution in [1.29, 1.82) is 0 Å². The van der Waals surface area contributed by atoms with Crippen LogP contribution >= 0.6 is 11.3 Å². The molecule has 2 aromatic rings. The molecule has 0 bridgehead atoms. The van der Waals surface area contributed by atoms with Gasteiger partial charge in [-0.1, -0.05) is 0 Å². The van der Waals surface area contributed by atoms with Gasteiger partial charge in [0.2, 0.25) is 0 Å². The van der Waals surface area contributed by atoms with Crippen LogP contribution in [0.25, 0.3) is 0 Å². The number of aliphatic hydroxyl groups excluding tert-OH is 1. The van der Waals surface area contributed by atoms with Crippen LogP contribution in [0.1, 0.15) is 52.7 Å². The van der Waals surface area contributed by atoms with E-state index in [9.17, 15) is 27.9 Å². The maximum Gasteiger partial charge on any atom is 0.416 e. The zero-order valence-electron chi connectivity index (χ0n) is 17.3. The third kappa shape index (κ3) is 5.56. The Morgan fingerprint density at radius 1 is 1.23 bits per heavy atom. The van der Waals surface area contributed by atoms with Crippen molar-refractivity contribution >= 4 is 29.0 Å². The molecule has 1 aromatic heterocycles. The second-order valence-electron chi connectivity index (χ2n) is 8.23. The van der Waals surface area contributed by atoms with Gasteiger partial charge in [-0.05, 0) is 56.5 Å². The normalized spacial score (nSPS) is 14.2. The number of carbonyl (C=O) groups excluding carboxylic acids is 2. The zero-order valence-corrected chi connectivity index (χ0v) is 18.1. The third-order valence-corrected chi connectivity index (χ3v) is 5.62. The average molecular weight is 456 g/mol. The van der Waals surface area contributed by atoms with Gasteiger partial charge >= 0.3 is 12.3 Å². The van der Waals surface area contributed by atoms with E-state index < -0.39 is 35.9 Å². The van der Waals surface area contributed by atoms with Gasteiger partial charge in [-0.15, -0.1) is 11.3 Å². The maximum atomic E-state index is 13.1. The van der Waals surface area contributed by atoms with E-state index in [1.165, 1.54) is 17.4 Å². The number of benzene rings is 1. The molecular weight excluding hydrogens is 433 g/mol. The standard InChI is InChI=1S/C21H23F3N2O4S/c1-20(2,3)30-19(29)26-5-4-15-16(11-31-17(15)9-26)18(28)25-14-7-12(10-27)6-13(8-14)21(22,23)24/h6-8,11,27H,4-5,9-10H2,1-3H3,(H,25,28). The molecule has 1 aliphatic rings. The second kappa shape index (κ2) is 8.51. The molecule has 0 aliphatic carbocycles. The molecule has 0 atom stereocenters. The summed E-state index contributed by atoms with van der Waals surface area (Å²) in [5.74, 6) is -0.536. The van der Waals surface area contributed by atoms with E-state index in [1.54, 1.807) is 31.1 Å². The number of fused-ring (bicyclic) bond motifs is 1. The van der Waals surface area contributed by atoms with E-state index in [-0.39, 0.29) is 11.3 Å². The number of nitrogens with one attached hydrogen (secondary N) is 1. The quantitative estimate of drug-likeness (QED) is 0.695. The van der Waals surface area contributed by atoms with E-state index in [1.807, 2.05) is 0 Å². The molecule has 0 saturated heterocycles. The molecule has 10 heteroatoms.